The molecule has 4 heteroatoms. The Bertz CT molecular complexity index is 443. The van der Waals surface area contributed by atoms with Gasteiger partial charge in [-0.3, -0.25) is 0 Å². The van der Waals surface area contributed by atoms with E-state index in [-0.39, 0.29) is 12.3 Å². The standard InChI is InChI=1S/C19H32FNO2/c1-3-5-6-7-8-9-10-11-12-13-14-16-15-21-18(17(16)20)19(22)23-4-2/h15,21H,3-14H2,1-2H3. The van der Waals surface area contributed by atoms with Gasteiger partial charge in [-0.15, -0.1) is 0 Å². The lowest BCUT2D eigenvalue weighted by atomic mass is 10.0. The van der Waals surface area contributed by atoms with Crippen LogP contribution in [0.1, 0.15) is 94.1 Å². The fourth-order valence-corrected chi connectivity index (χ4v) is 2.78. The normalized spacial score (nSPS) is 10.9. The van der Waals surface area contributed by atoms with Gasteiger partial charge in [0.1, 0.15) is 0 Å². The van der Waals surface area contributed by atoms with Crippen LogP contribution < -0.4 is 0 Å². The van der Waals surface area contributed by atoms with Crippen LogP contribution in [0.2, 0.25) is 0 Å². The largest absolute Gasteiger partial charge is 0.461 e. The molecule has 0 atom stereocenters. The van der Waals surface area contributed by atoms with Crippen LogP contribution in [0.25, 0.3) is 0 Å². The van der Waals surface area contributed by atoms with Crippen LogP contribution in [-0.2, 0) is 11.2 Å². The monoisotopic (exact) mass is 325 g/mol. The van der Waals surface area contributed by atoms with Gasteiger partial charge in [-0.2, -0.15) is 0 Å². The number of hydrogen-bond acceptors (Lipinski definition) is 2. The number of aryl methyl sites for hydroxylation is 1. The third kappa shape index (κ3) is 7.67. The summed E-state index contributed by atoms with van der Waals surface area (Å²) in [6.45, 7) is 4.21. The van der Waals surface area contributed by atoms with Crippen LogP contribution >= 0.6 is 0 Å². The number of aromatic amines is 1. The lowest BCUT2D eigenvalue weighted by molar-refractivity contribution is 0.0514. The Balaban J connectivity index is 2.11. The molecule has 0 aromatic carbocycles. The number of carbonyl (C=O) groups is 1. The van der Waals surface area contributed by atoms with Crippen molar-refractivity contribution in [1.82, 2.24) is 4.98 Å². The Morgan fingerprint density at radius 3 is 2.13 bits per heavy atom. The maximum atomic E-state index is 14.1. The molecule has 1 aromatic rings. The number of unbranched alkanes of at least 4 members (excludes halogenated alkanes) is 9. The van der Waals surface area contributed by atoms with Crippen LogP contribution in [0.15, 0.2) is 6.20 Å². The number of esters is 1. The third-order valence-corrected chi connectivity index (χ3v) is 4.17. The summed E-state index contributed by atoms with van der Waals surface area (Å²) >= 11 is 0. The Morgan fingerprint density at radius 1 is 1.00 bits per heavy atom. The highest BCUT2D eigenvalue weighted by molar-refractivity contribution is 5.88. The average Bonchev–Trinajstić information content (AvgIpc) is 2.90. The van der Waals surface area contributed by atoms with Crippen molar-refractivity contribution >= 4 is 5.97 Å². The minimum absolute atomic E-state index is 0.0473. The van der Waals surface area contributed by atoms with Gasteiger partial charge in [-0.05, 0) is 19.8 Å². The number of halogens is 1. The van der Waals surface area contributed by atoms with Crippen LogP contribution in [0.4, 0.5) is 4.39 Å². The summed E-state index contributed by atoms with van der Waals surface area (Å²) in [5, 5.41) is 0. The first-order valence-electron chi connectivity index (χ1n) is 9.23. The van der Waals surface area contributed by atoms with E-state index in [1.807, 2.05) is 0 Å². The molecule has 0 saturated heterocycles. The minimum Gasteiger partial charge on any atom is -0.461 e. The fourth-order valence-electron chi connectivity index (χ4n) is 2.78. The topological polar surface area (TPSA) is 42.1 Å². The lowest BCUT2D eigenvalue weighted by Gasteiger charge is -2.02. The Labute approximate surface area is 140 Å². The molecule has 0 spiro atoms. The van der Waals surface area contributed by atoms with Crippen molar-refractivity contribution in [3.8, 4) is 0 Å². The van der Waals surface area contributed by atoms with Crippen molar-refractivity contribution in [2.24, 2.45) is 0 Å². The van der Waals surface area contributed by atoms with E-state index in [1.165, 1.54) is 51.4 Å². The van der Waals surface area contributed by atoms with Gasteiger partial charge in [0.2, 0.25) is 0 Å². The smallest absolute Gasteiger partial charge is 0.357 e. The van der Waals surface area contributed by atoms with Gasteiger partial charge in [0.15, 0.2) is 11.5 Å². The molecule has 23 heavy (non-hydrogen) atoms. The van der Waals surface area contributed by atoms with E-state index in [2.05, 4.69) is 11.9 Å². The van der Waals surface area contributed by atoms with E-state index in [0.717, 1.165) is 12.8 Å². The van der Waals surface area contributed by atoms with Crippen molar-refractivity contribution in [3.05, 3.63) is 23.3 Å². The molecule has 132 valence electrons. The number of carbonyl (C=O) groups excluding carboxylic acids is 1. The zero-order chi connectivity index (χ0) is 16.9. The summed E-state index contributed by atoms with van der Waals surface area (Å²) in [4.78, 5) is 14.2. The summed E-state index contributed by atoms with van der Waals surface area (Å²) in [6.07, 6.45) is 14.9. The van der Waals surface area contributed by atoms with Crippen molar-refractivity contribution in [1.29, 1.82) is 0 Å². The van der Waals surface area contributed by atoms with E-state index >= 15 is 0 Å². The predicted molar refractivity (Wildman–Crippen MR) is 92.3 cm³/mol. The van der Waals surface area contributed by atoms with Crippen molar-refractivity contribution < 1.29 is 13.9 Å². The number of rotatable bonds is 13. The number of ether oxygens (including phenoxy) is 1. The van der Waals surface area contributed by atoms with Crippen molar-refractivity contribution in [2.75, 3.05) is 6.61 Å². The second kappa shape index (κ2) is 12.1. The van der Waals surface area contributed by atoms with E-state index in [9.17, 15) is 9.18 Å². The molecule has 0 unspecified atom stereocenters. The average molecular weight is 325 g/mol. The molecule has 0 aliphatic carbocycles. The quantitative estimate of drug-likeness (QED) is 0.368. The van der Waals surface area contributed by atoms with Crippen molar-refractivity contribution in [3.63, 3.8) is 0 Å². The number of nitrogens with one attached hydrogen (secondary N) is 1. The molecule has 1 heterocycles. The third-order valence-electron chi connectivity index (χ3n) is 4.17. The predicted octanol–water partition coefficient (Wildman–Crippen LogP) is 5.79. The lowest BCUT2D eigenvalue weighted by Crippen LogP contribution is -2.07. The first kappa shape index (κ1) is 19.7. The molecule has 0 fully saturated rings. The summed E-state index contributed by atoms with van der Waals surface area (Å²) in [7, 11) is 0. The molecule has 1 rings (SSSR count). The minimum atomic E-state index is -0.612. The molecule has 0 aliphatic heterocycles. The second-order valence-corrected chi connectivity index (χ2v) is 6.16. The molecular formula is C19H32FNO2. The molecule has 1 aromatic heterocycles. The van der Waals surface area contributed by atoms with Gasteiger partial charge < -0.3 is 9.72 Å². The van der Waals surface area contributed by atoms with Gasteiger partial charge in [0.05, 0.1) is 6.61 Å². The summed E-state index contributed by atoms with van der Waals surface area (Å²) in [6, 6.07) is 0. The molecule has 0 radical (unpaired) electrons. The highest BCUT2D eigenvalue weighted by Crippen LogP contribution is 2.17. The molecule has 0 amide bonds. The van der Waals surface area contributed by atoms with Crippen LogP contribution in [0.3, 0.4) is 0 Å². The Hall–Kier alpha value is -1.32. The van der Waals surface area contributed by atoms with Gasteiger partial charge in [0, 0.05) is 11.8 Å². The molecule has 1 N–H and O–H groups in total. The van der Waals surface area contributed by atoms with E-state index < -0.39 is 11.8 Å². The van der Waals surface area contributed by atoms with Crippen molar-refractivity contribution in [2.45, 2.75) is 84.5 Å². The number of hydrogen-bond donors (Lipinski definition) is 1. The second-order valence-electron chi connectivity index (χ2n) is 6.16. The summed E-state index contributed by atoms with van der Waals surface area (Å²) in [5.74, 6) is -1.06. The summed E-state index contributed by atoms with van der Waals surface area (Å²) < 4.78 is 18.9. The van der Waals surface area contributed by atoms with E-state index in [0.29, 0.717) is 12.0 Å². The van der Waals surface area contributed by atoms with Gasteiger partial charge in [-0.1, -0.05) is 64.7 Å². The van der Waals surface area contributed by atoms with Gasteiger partial charge in [0.25, 0.3) is 0 Å². The fraction of sp³-hybridized carbons (Fsp3) is 0.737. The van der Waals surface area contributed by atoms with Crippen LogP contribution in [0, 0.1) is 5.82 Å². The first-order valence-corrected chi connectivity index (χ1v) is 9.23. The molecule has 0 aliphatic rings. The highest BCUT2D eigenvalue weighted by atomic mass is 19.1. The SMILES string of the molecule is CCCCCCCCCCCCc1c[nH]c(C(=O)OCC)c1F. The van der Waals surface area contributed by atoms with E-state index in [4.69, 9.17) is 4.74 Å². The summed E-state index contributed by atoms with van der Waals surface area (Å²) in [5.41, 5.74) is 0.543. The Morgan fingerprint density at radius 2 is 1.57 bits per heavy atom. The molecular weight excluding hydrogens is 293 g/mol. The zero-order valence-electron chi connectivity index (χ0n) is 14.8. The number of H-pyrrole nitrogens is 1. The van der Waals surface area contributed by atoms with Crippen LogP contribution in [0.5, 0.6) is 0 Å². The maximum Gasteiger partial charge on any atom is 0.357 e. The Kier molecular flexibility index (Phi) is 10.4. The van der Waals surface area contributed by atoms with Crippen LogP contribution in [-0.4, -0.2) is 17.6 Å². The van der Waals surface area contributed by atoms with Gasteiger partial charge in [-0.25, -0.2) is 9.18 Å². The molecule has 3 nitrogen and oxygen atoms in total. The molecule has 0 saturated carbocycles. The zero-order valence-corrected chi connectivity index (χ0v) is 14.8. The highest BCUT2D eigenvalue weighted by Gasteiger charge is 2.18. The van der Waals surface area contributed by atoms with Gasteiger partial charge >= 0.3 is 5.97 Å². The van der Waals surface area contributed by atoms with E-state index in [1.54, 1.807) is 13.1 Å². The number of aromatic nitrogens is 1. The maximum absolute atomic E-state index is 14.1. The first-order chi connectivity index (χ1) is 11.2. The molecule has 0 bridgehead atoms.